The van der Waals surface area contributed by atoms with E-state index >= 15 is 0 Å². The zero-order valence-corrected chi connectivity index (χ0v) is 14.7. The van der Waals surface area contributed by atoms with Gasteiger partial charge in [-0.2, -0.15) is 5.43 Å². The minimum absolute atomic E-state index is 0.134. The van der Waals surface area contributed by atoms with Gasteiger partial charge in [-0.05, 0) is 37.7 Å². The summed E-state index contributed by atoms with van der Waals surface area (Å²) in [4.78, 5) is 0. The quantitative estimate of drug-likeness (QED) is 0.585. The van der Waals surface area contributed by atoms with Gasteiger partial charge < -0.3 is 15.2 Å². The van der Waals surface area contributed by atoms with Gasteiger partial charge in [0.15, 0.2) is 10.8 Å². The normalized spacial score (nSPS) is 21.1. The molecule has 4 N–H and O–H groups in total. The maximum Gasteiger partial charge on any atom is 0.192 e. The van der Waals surface area contributed by atoms with Crippen LogP contribution in [0.3, 0.4) is 0 Å². The molecule has 2 aromatic carbocycles. The largest absolute Gasteiger partial charge is 0.496 e. The minimum Gasteiger partial charge on any atom is -0.496 e. The van der Waals surface area contributed by atoms with Gasteiger partial charge in [-0.1, -0.05) is 42.5 Å². The first-order chi connectivity index (χ1) is 11.4. The summed E-state index contributed by atoms with van der Waals surface area (Å²) in [6, 6.07) is 15.8. The Morgan fingerprint density at radius 1 is 1.04 bits per heavy atom. The van der Waals surface area contributed by atoms with Crippen molar-refractivity contribution in [1.29, 1.82) is 0 Å². The third-order valence-corrected chi connectivity index (χ3v) is 4.31. The number of ether oxygens (including phenoxy) is 2. The second-order valence-corrected chi connectivity index (χ2v) is 6.59. The molecule has 0 amide bonds. The van der Waals surface area contributed by atoms with Crippen molar-refractivity contribution in [3.8, 4) is 5.75 Å². The molecule has 0 fully saturated rings. The molecule has 0 saturated heterocycles. The molecule has 1 heterocycles. The Hall–Kier alpha value is -2.15. The average molecular weight is 343 g/mol. The lowest BCUT2D eigenvalue weighted by Crippen LogP contribution is -2.55. The van der Waals surface area contributed by atoms with Crippen LogP contribution in [0, 0.1) is 0 Å². The van der Waals surface area contributed by atoms with Crippen molar-refractivity contribution in [3.63, 3.8) is 0 Å². The van der Waals surface area contributed by atoms with Crippen LogP contribution < -0.4 is 21.3 Å². The van der Waals surface area contributed by atoms with E-state index in [1.54, 1.807) is 7.11 Å². The van der Waals surface area contributed by atoms with Crippen molar-refractivity contribution in [2.24, 2.45) is 5.73 Å². The lowest BCUT2D eigenvalue weighted by atomic mass is 9.89. The van der Waals surface area contributed by atoms with Crippen molar-refractivity contribution in [3.05, 3.63) is 65.2 Å². The molecule has 1 aliphatic rings. The van der Waals surface area contributed by atoms with Crippen molar-refractivity contribution in [2.45, 2.75) is 25.2 Å². The molecule has 24 heavy (non-hydrogen) atoms. The topological polar surface area (TPSA) is 68.5 Å². The molecule has 6 heteroatoms. The van der Waals surface area contributed by atoms with Gasteiger partial charge in [0.1, 0.15) is 5.75 Å². The lowest BCUT2D eigenvalue weighted by Gasteiger charge is -2.35. The summed E-state index contributed by atoms with van der Waals surface area (Å²) in [5.74, 6) is 0.710. The maximum atomic E-state index is 6.52. The summed E-state index contributed by atoms with van der Waals surface area (Å²) in [6.45, 7) is 4.07. The van der Waals surface area contributed by atoms with Crippen LogP contribution in [-0.4, -0.2) is 12.2 Å². The summed E-state index contributed by atoms with van der Waals surface area (Å²) in [5.41, 5.74) is 13.1. The number of hydrazine groups is 1. The first-order valence-corrected chi connectivity index (χ1v) is 8.08. The zero-order valence-electron chi connectivity index (χ0n) is 13.9. The first-order valence-electron chi connectivity index (χ1n) is 7.67. The van der Waals surface area contributed by atoms with Crippen molar-refractivity contribution >= 4 is 17.3 Å². The number of thiocarbonyl (C=S) groups is 1. The Morgan fingerprint density at radius 2 is 1.62 bits per heavy atom. The summed E-state index contributed by atoms with van der Waals surface area (Å²) in [6.07, 6.45) is 0. The fraction of sp³-hybridized carbons (Fsp3) is 0.278. The molecule has 2 aromatic rings. The van der Waals surface area contributed by atoms with Gasteiger partial charge in [0, 0.05) is 11.1 Å². The molecule has 5 nitrogen and oxygen atoms in total. The van der Waals surface area contributed by atoms with E-state index in [0.29, 0.717) is 5.75 Å². The van der Waals surface area contributed by atoms with Gasteiger partial charge in [0.05, 0.1) is 12.7 Å². The molecule has 0 radical (unpaired) electrons. The fourth-order valence-corrected chi connectivity index (χ4v) is 3.30. The van der Waals surface area contributed by atoms with Gasteiger partial charge in [0.25, 0.3) is 0 Å². The maximum absolute atomic E-state index is 6.52. The number of rotatable bonds is 4. The number of hydrogen-bond donors (Lipinski definition) is 3. The molecule has 0 bridgehead atoms. The number of fused-ring (bicyclic) bond motifs is 1. The molecular formula is C18H21N3O2S. The van der Waals surface area contributed by atoms with Crippen LogP contribution in [0.2, 0.25) is 0 Å². The fourth-order valence-electron chi connectivity index (χ4n) is 3.25. The van der Waals surface area contributed by atoms with E-state index in [4.69, 9.17) is 27.4 Å². The van der Waals surface area contributed by atoms with E-state index in [1.807, 2.05) is 56.3 Å². The second-order valence-electron chi connectivity index (χ2n) is 6.15. The van der Waals surface area contributed by atoms with Crippen molar-refractivity contribution < 1.29 is 9.47 Å². The van der Waals surface area contributed by atoms with E-state index in [-0.39, 0.29) is 5.11 Å². The van der Waals surface area contributed by atoms with E-state index in [1.165, 1.54) is 0 Å². The van der Waals surface area contributed by atoms with E-state index in [9.17, 15) is 0 Å². The number of nitrogens with two attached hydrogens (primary N) is 1. The smallest absolute Gasteiger partial charge is 0.192 e. The van der Waals surface area contributed by atoms with E-state index in [0.717, 1.165) is 16.7 Å². The number of methoxy groups -OCH3 is 1. The summed E-state index contributed by atoms with van der Waals surface area (Å²) in [5, 5.41) is 0.134. The molecule has 0 saturated carbocycles. The van der Waals surface area contributed by atoms with E-state index < -0.39 is 11.3 Å². The highest BCUT2D eigenvalue weighted by Crippen LogP contribution is 2.50. The molecule has 1 unspecified atom stereocenters. The van der Waals surface area contributed by atoms with Gasteiger partial charge in [0.2, 0.25) is 0 Å². The third kappa shape index (κ3) is 2.62. The Balaban J connectivity index is 2.24. The van der Waals surface area contributed by atoms with Crippen LogP contribution in [0.4, 0.5) is 0 Å². The molecular weight excluding hydrogens is 322 g/mol. The highest BCUT2D eigenvalue weighted by molar-refractivity contribution is 7.80. The monoisotopic (exact) mass is 343 g/mol. The highest BCUT2D eigenvalue weighted by Gasteiger charge is 2.51. The number of benzene rings is 2. The van der Waals surface area contributed by atoms with Crippen LogP contribution in [0.25, 0.3) is 0 Å². The van der Waals surface area contributed by atoms with Crippen LogP contribution >= 0.6 is 12.2 Å². The standard InChI is InChI=1S/C18H21N3O2S/c1-17(2)12-8-4-5-9-13(12)18(23-17,21-20-16(19)24)14-10-6-7-11-15(14)22-3/h4-11,21H,1-3H3,(H3,19,20,24). The van der Waals surface area contributed by atoms with Gasteiger partial charge >= 0.3 is 0 Å². The Kier molecular flexibility index (Phi) is 4.21. The SMILES string of the molecule is COc1ccccc1C1(NNC(N)=S)OC(C)(C)c2ccccc21. The Morgan fingerprint density at radius 3 is 2.25 bits per heavy atom. The second kappa shape index (κ2) is 6.05. The minimum atomic E-state index is -0.976. The van der Waals surface area contributed by atoms with Crippen LogP contribution in [0.15, 0.2) is 48.5 Å². The molecule has 0 aromatic heterocycles. The van der Waals surface area contributed by atoms with E-state index in [2.05, 4.69) is 16.9 Å². The average Bonchev–Trinajstić information content (AvgIpc) is 2.82. The van der Waals surface area contributed by atoms with Crippen LogP contribution in [0.5, 0.6) is 5.75 Å². The molecule has 1 atom stereocenters. The van der Waals surface area contributed by atoms with Crippen LogP contribution in [-0.2, 0) is 16.1 Å². The third-order valence-electron chi connectivity index (χ3n) is 4.21. The zero-order chi connectivity index (χ0) is 17.4. The summed E-state index contributed by atoms with van der Waals surface area (Å²) >= 11 is 4.96. The first kappa shape index (κ1) is 16.7. The highest BCUT2D eigenvalue weighted by atomic mass is 32.1. The summed E-state index contributed by atoms with van der Waals surface area (Å²) in [7, 11) is 1.64. The predicted molar refractivity (Wildman–Crippen MR) is 97.4 cm³/mol. The molecule has 0 spiro atoms. The molecule has 0 aliphatic carbocycles. The number of hydrogen-bond acceptors (Lipinski definition) is 4. The van der Waals surface area contributed by atoms with Gasteiger partial charge in [-0.3, -0.25) is 5.43 Å². The molecule has 126 valence electrons. The lowest BCUT2D eigenvalue weighted by molar-refractivity contribution is -0.124. The van der Waals surface area contributed by atoms with Gasteiger partial charge in [-0.25, -0.2) is 0 Å². The molecule has 3 rings (SSSR count). The Labute approximate surface area is 147 Å². The van der Waals surface area contributed by atoms with Crippen LogP contribution in [0.1, 0.15) is 30.5 Å². The number of para-hydroxylation sites is 1. The Bertz CT molecular complexity index is 778. The van der Waals surface area contributed by atoms with Crippen molar-refractivity contribution in [1.82, 2.24) is 10.9 Å². The number of nitrogens with one attached hydrogen (secondary N) is 2. The van der Waals surface area contributed by atoms with Gasteiger partial charge in [-0.15, -0.1) is 0 Å². The predicted octanol–water partition coefficient (Wildman–Crippen LogP) is 2.50. The molecule has 1 aliphatic heterocycles. The van der Waals surface area contributed by atoms with Crippen molar-refractivity contribution in [2.75, 3.05) is 7.11 Å². The summed E-state index contributed by atoms with van der Waals surface area (Å²) < 4.78 is 12.1.